The van der Waals surface area contributed by atoms with E-state index in [2.05, 4.69) is 10.3 Å². The van der Waals surface area contributed by atoms with E-state index in [1.807, 2.05) is 44.2 Å². The number of hydrogen-bond acceptors (Lipinski definition) is 5. The van der Waals surface area contributed by atoms with Gasteiger partial charge in [-0.1, -0.05) is 41.7 Å². The number of amides is 1. The number of thiazole rings is 1. The zero-order valence-corrected chi connectivity index (χ0v) is 15.7. The summed E-state index contributed by atoms with van der Waals surface area (Å²) >= 11 is 1.46. The number of nitrogens with zero attached hydrogens (tertiary/aromatic N) is 1. The quantitative estimate of drug-likeness (QED) is 0.680. The number of benzene rings is 2. The summed E-state index contributed by atoms with van der Waals surface area (Å²) in [7, 11) is 1.55. The van der Waals surface area contributed by atoms with Crippen LogP contribution in [0.1, 0.15) is 23.0 Å². The van der Waals surface area contributed by atoms with Crippen molar-refractivity contribution < 1.29 is 14.3 Å². The monoisotopic (exact) mass is 368 g/mol. The number of hydrogen-bond donors (Lipinski definition) is 1. The Kier molecular flexibility index (Phi) is 5.53. The van der Waals surface area contributed by atoms with Crippen molar-refractivity contribution in [1.29, 1.82) is 0 Å². The van der Waals surface area contributed by atoms with Crippen LogP contribution < -0.4 is 14.8 Å². The summed E-state index contributed by atoms with van der Waals surface area (Å²) in [5, 5.41) is 3.43. The molecule has 0 unspecified atom stereocenters. The minimum absolute atomic E-state index is 0.236. The molecule has 2 aromatic carbocycles. The summed E-state index contributed by atoms with van der Waals surface area (Å²) in [5.74, 6) is 0.905. The Morgan fingerprint density at radius 1 is 1.15 bits per heavy atom. The van der Waals surface area contributed by atoms with Gasteiger partial charge in [0.05, 0.1) is 24.3 Å². The second-order valence-corrected chi connectivity index (χ2v) is 6.55. The minimum Gasteiger partial charge on any atom is -0.493 e. The van der Waals surface area contributed by atoms with Crippen LogP contribution in [0.2, 0.25) is 0 Å². The van der Waals surface area contributed by atoms with E-state index >= 15 is 0 Å². The molecule has 1 amide bonds. The molecule has 0 atom stereocenters. The van der Waals surface area contributed by atoms with Crippen molar-refractivity contribution in [3.63, 3.8) is 0 Å². The molecule has 5 nitrogen and oxygen atoms in total. The number of methoxy groups -OCH3 is 1. The Morgan fingerprint density at radius 2 is 1.92 bits per heavy atom. The van der Waals surface area contributed by atoms with Gasteiger partial charge in [-0.15, -0.1) is 0 Å². The summed E-state index contributed by atoms with van der Waals surface area (Å²) in [5.41, 5.74) is 2.46. The lowest BCUT2D eigenvalue weighted by Gasteiger charge is -2.10. The smallest absolute Gasteiger partial charge is 0.257 e. The van der Waals surface area contributed by atoms with Crippen molar-refractivity contribution in [2.45, 2.75) is 13.8 Å². The fraction of sp³-hybridized carbons (Fsp3) is 0.200. The first-order chi connectivity index (χ1) is 12.6. The lowest BCUT2D eigenvalue weighted by atomic mass is 10.2. The van der Waals surface area contributed by atoms with Gasteiger partial charge in [0.15, 0.2) is 16.6 Å². The molecule has 1 aromatic heterocycles. The highest BCUT2D eigenvalue weighted by Crippen LogP contribution is 2.33. The van der Waals surface area contributed by atoms with E-state index in [0.29, 0.717) is 28.8 Å². The van der Waals surface area contributed by atoms with Gasteiger partial charge in [0.25, 0.3) is 5.91 Å². The Bertz CT molecular complexity index is 907. The first-order valence-corrected chi connectivity index (χ1v) is 9.09. The summed E-state index contributed by atoms with van der Waals surface area (Å²) < 4.78 is 10.8. The lowest BCUT2D eigenvalue weighted by molar-refractivity contribution is 0.102. The SMILES string of the molecule is CCOc1ccc(C(=O)Nc2nc(C)c(-c3ccccc3)s2)cc1OC. The van der Waals surface area contributed by atoms with Gasteiger partial charge in [-0.25, -0.2) is 4.98 Å². The summed E-state index contributed by atoms with van der Waals surface area (Å²) in [6.07, 6.45) is 0. The van der Waals surface area contributed by atoms with Crippen LogP contribution in [-0.4, -0.2) is 24.6 Å². The molecule has 134 valence electrons. The first-order valence-electron chi connectivity index (χ1n) is 8.27. The van der Waals surface area contributed by atoms with Crippen LogP contribution in [0.4, 0.5) is 5.13 Å². The highest BCUT2D eigenvalue weighted by molar-refractivity contribution is 7.19. The Hall–Kier alpha value is -2.86. The normalized spacial score (nSPS) is 10.4. The van der Waals surface area contributed by atoms with E-state index in [0.717, 1.165) is 16.1 Å². The molecule has 0 radical (unpaired) electrons. The van der Waals surface area contributed by atoms with Crippen molar-refractivity contribution in [3.05, 3.63) is 59.8 Å². The van der Waals surface area contributed by atoms with E-state index in [1.165, 1.54) is 11.3 Å². The Balaban J connectivity index is 1.80. The van der Waals surface area contributed by atoms with E-state index < -0.39 is 0 Å². The van der Waals surface area contributed by atoms with Crippen molar-refractivity contribution in [2.24, 2.45) is 0 Å². The van der Waals surface area contributed by atoms with Gasteiger partial charge >= 0.3 is 0 Å². The molecule has 0 spiro atoms. The molecule has 1 heterocycles. The molecular formula is C20H20N2O3S. The predicted molar refractivity (Wildman–Crippen MR) is 104 cm³/mol. The molecule has 0 saturated carbocycles. The van der Waals surface area contributed by atoms with Crippen molar-refractivity contribution in [1.82, 2.24) is 4.98 Å². The number of aryl methyl sites for hydroxylation is 1. The molecule has 26 heavy (non-hydrogen) atoms. The highest BCUT2D eigenvalue weighted by Gasteiger charge is 2.15. The van der Waals surface area contributed by atoms with Crippen LogP contribution in [-0.2, 0) is 0 Å². The third kappa shape index (κ3) is 3.86. The van der Waals surface area contributed by atoms with E-state index in [9.17, 15) is 4.79 Å². The number of carbonyl (C=O) groups excluding carboxylic acids is 1. The summed E-state index contributed by atoms with van der Waals surface area (Å²) in [6, 6.07) is 15.1. The average Bonchev–Trinajstić information content (AvgIpc) is 3.03. The van der Waals surface area contributed by atoms with Gasteiger partial charge in [-0.2, -0.15) is 0 Å². The van der Waals surface area contributed by atoms with Gasteiger partial charge in [-0.3, -0.25) is 10.1 Å². The molecule has 0 aliphatic rings. The fourth-order valence-electron chi connectivity index (χ4n) is 2.56. The third-order valence-electron chi connectivity index (χ3n) is 3.78. The van der Waals surface area contributed by atoms with Crippen LogP contribution >= 0.6 is 11.3 Å². The van der Waals surface area contributed by atoms with Crippen molar-refractivity contribution in [3.8, 4) is 21.9 Å². The maximum absolute atomic E-state index is 12.6. The van der Waals surface area contributed by atoms with Gasteiger partial charge in [0.1, 0.15) is 0 Å². The standard InChI is InChI=1S/C20H20N2O3S/c1-4-25-16-11-10-15(12-17(16)24-3)19(23)22-20-21-13(2)18(26-20)14-8-6-5-7-9-14/h5-12H,4H2,1-3H3,(H,21,22,23). The maximum atomic E-state index is 12.6. The van der Waals surface area contributed by atoms with Gasteiger partial charge < -0.3 is 9.47 Å². The Labute approximate surface area is 156 Å². The number of carbonyl (C=O) groups is 1. The van der Waals surface area contributed by atoms with Crippen molar-refractivity contribution >= 4 is 22.4 Å². The zero-order chi connectivity index (χ0) is 18.5. The third-order valence-corrected chi connectivity index (χ3v) is 4.90. The summed E-state index contributed by atoms with van der Waals surface area (Å²) in [4.78, 5) is 18.1. The fourth-order valence-corrected chi connectivity index (χ4v) is 3.53. The van der Waals surface area contributed by atoms with E-state index in [-0.39, 0.29) is 5.91 Å². The molecule has 0 aliphatic carbocycles. The van der Waals surface area contributed by atoms with Gasteiger partial charge in [-0.05, 0) is 37.6 Å². The largest absolute Gasteiger partial charge is 0.493 e. The number of ether oxygens (including phenoxy) is 2. The molecule has 6 heteroatoms. The number of rotatable bonds is 6. The molecule has 0 fully saturated rings. The first kappa shape index (κ1) is 17.9. The number of nitrogens with one attached hydrogen (secondary N) is 1. The van der Waals surface area contributed by atoms with Crippen LogP contribution in [0.15, 0.2) is 48.5 Å². The Morgan fingerprint density at radius 3 is 2.62 bits per heavy atom. The number of anilines is 1. The second-order valence-electron chi connectivity index (χ2n) is 5.55. The average molecular weight is 368 g/mol. The minimum atomic E-state index is -0.236. The van der Waals surface area contributed by atoms with E-state index in [4.69, 9.17) is 9.47 Å². The molecule has 0 bridgehead atoms. The molecule has 1 N–H and O–H groups in total. The van der Waals surface area contributed by atoms with Gasteiger partial charge in [0.2, 0.25) is 0 Å². The van der Waals surface area contributed by atoms with Crippen molar-refractivity contribution in [2.75, 3.05) is 19.0 Å². The predicted octanol–water partition coefficient (Wildman–Crippen LogP) is 4.78. The highest BCUT2D eigenvalue weighted by atomic mass is 32.1. The molecule has 3 aromatic rings. The van der Waals surface area contributed by atoms with Crippen LogP contribution in [0, 0.1) is 6.92 Å². The molecular weight excluding hydrogens is 348 g/mol. The van der Waals surface area contributed by atoms with Crippen LogP contribution in [0.3, 0.4) is 0 Å². The number of aromatic nitrogens is 1. The zero-order valence-electron chi connectivity index (χ0n) is 14.9. The lowest BCUT2D eigenvalue weighted by Crippen LogP contribution is -2.12. The topological polar surface area (TPSA) is 60.5 Å². The molecule has 0 saturated heterocycles. The summed E-state index contributed by atoms with van der Waals surface area (Å²) in [6.45, 7) is 4.37. The van der Waals surface area contributed by atoms with E-state index in [1.54, 1.807) is 25.3 Å². The molecule has 3 rings (SSSR count). The second kappa shape index (κ2) is 8.01. The molecule has 0 aliphatic heterocycles. The van der Waals surface area contributed by atoms with Crippen LogP contribution in [0.25, 0.3) is 10.4 Å². The van der Waals surface area contributed by atoms with Gasteiger partial charge in [0, 0.05) is 5.56 Å². The maximum Gasteiger partial charge on any atom is 0.257 e. The van der Waals surface area contributed by atoms with Crippen LogP contribution in [0.5, 0.6) is 11.5 Å².